The summed E-state index contributed by atoms with van der Waals surface area (Å²) >= 11 is -2.86. The first-order valence-corrected chi connectivity index (χ1v) is 1.55. The van der Waals surface area contributed by atoms with Gasteiger partial charge >= 0.3 is 0 Å². The molecule has 0 saturated carbocycles. The Labute approximate surface area is 46.8 Å². The van der Waals surface area contributed by atoms with Gasteiger partial charge in [-0.3, -0.25) is 0 Å². The summed E-state index contributed by atoms with van der Waals surface area (Å²) < 4.78 is 24.1. The molecule has 0 saturated heterocycles. The van der Waals surface area contributed by atoms with Crippen molar-refractivity contribution in [2.24, 2.45) is 0 Å². The summed E-state index contributed by atoms with van der Waals surface area (Å²) in [4.78, 5) is 0. The van der Waals surface area contributed by atoms with E-state index >= 15 is 0 Å². The molecule has 0 aromatic heterocycles. The summed E-state index contributed by atoms with van der Waals surface area (Å²) in [6.07, 6.45) is 0. The maximum atomic E-state index is 8.56. The Morgan fingerprint density at radius 1 is 1.80 bits per heavy atom. The van der Waals surface area contributed by atoms with Crippen molar-refractivity contribution >= 4 is 11.4 Å². The molecular weight excluding hydrogens is 128 g/mol. The van der Waals surface area contributed by atoms with Crippen molar-refractivity contribution in [3.05, 3.63) is 0 Å². The molecule has 0 radical (unpaired) electrons. The van der Waals surface area contributed by atoms with Gasteiger partial charge in [-0.2, -0.15) is 0 Å². The van der Waals surface area contributed by atoms with Gasteiger partial charge in [-0.1, -0.05) is 0 Å². The zero-order chi connectivity index (χ0) is 3.58. The Bertz CT molecular complexity index is 29.9. The quantitative estimate of drug-likeness (QED) is 0.348. The molecule has 0 amide bonds. The largest absolute Gasteiger partial charge is 0.750 e. The molecule has 0 aliphatic carbocycles. The van der Waals surface area contributed by atoms with Crippen LogP contribution in [0.15, 0.2) is 0 Å². The minimum absolute atomic E-state index is 0. The van der Waals surface area contributed by atoms with Crippen molar-refractivity contribution in [2.45, 2.75) is 0 Å². The normalized spacial score (nSPS) is 12.4. The van der Waals surface area contributed by atoms with E-state index in [0.29, 0.717) is 0 Å². The molecule has 30 valence electrons. The third-order valence-electron chi connectivity index (χ3n) is 0. The SMILES string of the molecule is O=S([O-])O.[Ti]. The molecule has 0 heterocycles. The maximum absolute atomic E-state index is 8.56. The number of hydrogen-bond acceptors (Lipinski definition) is 2. The van der Waals surface area contributed by atoms with Gasteiger partial charge in [0.25, 0.3) is 0 Å². The van der Waals surface area contributed by atoms with Crippen LogP contribution in [0, 0.1) is 0 Å². The second-order valence-corrected chi connectivity index (χ2v) is 0.651. The minimum Gasteiger partial charge on any atom is -0.750 e. The van der Waals surface area contributed by atoms with Crippen LogP contribution in [0.4, 0.5) is 0 Å². The third-order valence-corrected chi connectivity index (χ3v) is 0. The van der Waals surface area contributed by atoms with Crippen LogP contribution in [0.1, 0.15) is 0 Å². The van der Waals surface area contributed by atoms with E-state index in [-0.39, 0.29) is 21.7 Å². The molecule has 5 heteroatoms. The molecule has 0 rings (SSSR count). The van der Waals surface area contributed by atoms with E-state index in [0.717, 1.165) is 0 Å². The zero-order valence-corrected chi connectivity index (χ0v) is 4.55. The van der Waals surface area contributed by atoms with Gasteiger partial charge in [-0.05, 0) is 0 Å². The Balaban J connectivity index is 0. The van der Waals surface area contributed by atoms with Gasteiger partial charge in [-0.25, -0.2) is 4.21 Å². The van der Waals surface area contributed by atoms with Gasteiger partial charge in [0.05, 0.1) is 11.4 Å². The molecule has 1 N–H and O–H groups in total. The molecule has 0 fully saturated rings. The van der Waals surface area contributed by atoms with Crippen LogP contribution in [0.3, 0.4) is 0 Å². The van der Waals surface area contributed by atoms with E-state index in [2.05, 4.69) is 0 Å². The van der Waals surface area contributed by atoms with Crippen molar-refractivity contribution in [1.82, 2.24) is 0 Å². The number of hydrogen-bond donors (Lipinski definition) is 1. The van der Waals surface area contributed by atoms with E-state index in [1.807, 2.05) is 0 Å². The zero-order valence-electron chi connectivity index (χ0n) is 2.17. The van der Waals surface area contributed by atoms with Gasteiger partial charge in [0.1, 0.15) is 0 Å². The summed E-state index contributed by atoms with van der Waals surface area (Å²) in [6.45, 7) is 0. The molecule has 0 spiro atoms. The molecule has 0 aromatic rings. The Kier molecular flexibility index (Phi) is 8.85. The van der Waals surface area contributed by atoms with Crippen LogP contribution >= 0.6 is 0 Å². The van der Waals surface area contributed by atoms with Gasteiger partial charge < -0.3 is 9.11 Å². The minimum atomic E-state index is -2.86. The standard InChI is InChI=1S/H2O3S.Ti/c1-4(2)3;/h(H2,1,2,3);/p-1. The van der Waals surface area contributed by atoms with Crippen molar-refractivity contribution in [1.29, 1.82) is 0 Å². The van der Waals surface area contributed by atoms with Gasteiger partial charge in [0.2, 0.25) is 0 Å². The summed E-state index contributed by atoms with van der Waals surface area (Å²) in [5.41, 5.74) is 0. The van der Waals surface area contributed by atoms with Crippen LogP contribution in [0.5, 0.6) is 0 Å². The van der Waals surface area contributed by atoms with E-state index in [1.165, 1.54) is 0 Å². The Morgan fingerprint density at radius 2 is 1.80 bits per heavy atom. The first-order chi connectivity index (χ1) is 1.73. The first kappa shape index (κ1) is 9.25. The van der Waals surface area contributed by atoms with Gasteiger partial charge in [0, 0.05) is 21.7 Å². The van der Waals surface area contributed by atoms with Crippen molar-refractivity contribution in [3.8, 4) is 0 Å². The summed E-state index contributed by atoms with van der Waals surface area (Å²) in [7, 11) is 0. The molecule has 0 bridgehead atoms. The predicted molar refractivity (Wildman–Crippen MR) is 11.5 cm³/mol. The second kappa shape index (κ2) is 4.78. The molecule has 1 unspecified atom stereocenters. The average Bonchev–Trinajstić information content (AvgIpc) is 0.811. The number of rotatable bonds is 0. The average molecular weight is 129 g/mol. The summed E-state index contributed by atoms with van der Waals surface area (Å²) in [5, 5.41) is 0. The Morgan fingerprint density at radius 3 is 1.80 bits per heavy atom. The maximum Gasteiger partial charge on any atom is 0.0814 e. The third kappa shape index (κ3) is 60.3. The van der Waals surface area contributed by atoms with Gasteiger partial charge in [0.15, 0.2) is 0 Å². The first-order valence-electron chi connectivity index (χ1n) is 0.516. The van der Waals surface area contributed by atoms with Crippen molar-refractivity contribution < 1.29 is 35.0 Å². The molecule has 0 aliphatic heterocycles. The van der Waals surface area contributed by atoms with Crippen LogP contribution < -0.4 is 0 Å². The molecule has 1 atom stereocenters. The van der Waals surface area contributed by atoms with E-state index in [1.54, 1.807) is 0 Å². The van der Waals surface area contributed by atoms with Gasteiger partial charge in [-0.15, -0.1) is 0 Å². The molecular formula is HO3STi-. The smallest absolute Gasteiger partial charge is 0.0814 e. The van der Waals surface area contributed by atoms with Crippen LogP contribution in [-0.2, 0) is 33.1 Å². The van der Waals surface area contributed by atoms with E-state index in [4.69, 9.17) is 13.3 Å². The van der Waals surface area contributed by atoms with E-state index in [9.17, 15) is 0 Å². The Hall–Kier alpha value is 0.784. The van der Waals surface area contributed by atoms with Crippen LogP contribution in [0.25, 0.3) is 0 Å². The van der Waals surface area contributed by atoms with Crippen LogP contribution in [-0.4, -0.2) is 13.3 Å². The molecule has 5 heavy (non-hydrogen) atoms. The van der Waals surface area contributed by atoms with E-state index < -0.39 is 11.4 Å². The van der Waals surface area contributed by atoms with Crippen LogP contribution in [0.2, 0.25) is 0 Å². The molecule has 0 aromatic carbocycles. The predicted octanol–water partition coefficient (Wildman–Crippen LogP) is -0.664. The molecule has 0 aliphatic rings. The van der Waals surface area contributed by atoms with Crippen molar-refractivity contribution in [2.75, 3.05) is 0 Å². The topological polar surface area (TPSA) is 60.4 Å². The summed E-state index contributed by atoms with van der Waals surface area (Å²) in [5.74, 6) is 0. The second-order valence-electron chi connectivity index (χ2n) is 0.217. The van der Waals surface area contributed by atoms with Crippen molar-refractivity contribution in [3.63, 3.8) is 0 Å². The summed E-state index contributed by atoms with van der Waals surface area (Å²) in [6, 6.07) is 0. The monoisotopic (exact) mass is 129 g/mol. The fourth-order valence-corrected chi connectivity index (χ4v) is 0. The molecule has 3 nitrogen and oxygen atoms in total. The fraction of sp³-hybridized carbons (Fsp3) is 0. The fourth-order valence-electron chi connectivity index (χ4n) is 0.